The lowest BCUT2D eigenvalue weighted by Gasteiger charge is -2.16. The maximum atomic E-state index is 12.2. The summed E-state index contributed by atoms with van der Waals surface area (Å²) in [6, 6.07) is 5.65. The van der Waals surface area contributed by atoms with Crippen molar-refractivity contribution in [1.29, 1.82) is 0 Å². The monoisotopic (exact) mass is 289 g/mol. The highest BCUT2D eigenvalue weighted by atomic mass is 16.3. The third kappa shape index (κ3) is 4.39. The van der Waals surface area contributed by atoms with Gasteiger partial charge in [0.25, 0.3) is 0 Å². The number of aliphatic hydroxyl groups excluding tert-OH is 1. The number of aryl methyl sites for hydroxylation is 2. The lowest BCUT2D eigenvalue weighted by Crippen LogP contribution is -2.35. The molecule has 1 amide bonds. The van der Waals surface area contributed by atoms with Crippen molar-refractivity contribution in [2.75, 3.05) is 6.61 Å². The fourth-order valence-electron chi connectivity index (χ4n) is 2.67. The molecule has 0 fully saturated rings. The lowest BCUT2D eigenvalue weighted by molar-refractivity contribution is -0.121. The fraction of sp³-hybridized carbons (Fsp3) is 0.529. The van der Waals surface area contributed by atoms with Crippen LogP contribution in [0, 0.1) is 0 Å². The maximum Gasteiger partial charge on any atom is 0.220 e. The number of aliphatic hydroxyl groups is 1. The molecule has 0 radical (unpaired) electrons. The molecule has 1 atom stereocenters. The number of benzene rings is 1. The number of fused-ring (bicyclic) bond motifs is 1. The number of rotatable bonds is 6. The molecule has 0 aromatic heterocycles. The van der Waals surface area contributed by atoms with Crippen molar-refractivity contribution >= 4 is 11.7 Å². The Hall–Kier alpha value is -1.68. The highest BCUT2D eigenvalue weighted by Gasteiger charge is 2.14. The van der Waals surface area contributed by atoms with Crippen molar-refractivity contribution in [2.24, 2.45) is 0 Å². The van der Waals surface area contributed by atoms with Gasteiger partial charge in [0.05, 0.1) is 6.61 Å². The summed E-state index contributed by atoms with van der Waals surface area (Å²) in [6.07, 6.45) is 4.94. The predicted molar refractivity (Wildman–Crippen MR) is 81.3 cm³/mol. The molecule has 0 aliphatic heterocycles. The van der Waals surface area contributed by atoms with E-state index in [1.807, 2.05) is 12.1 Å². The Labute approximate surface area is 125 Å². The zero-order valence-corrected chi connectivity index (χ0v) is 12.5. The van der Waals surface area contributed by atoms with Gasteiger partial charge in [0.1, 0.15) is 0 Å². The summed E-state index contributed by atoms with van der Waals surface area (Å²) in [7, 11) is 0. The van der Waals surface area contributed by atoms with Gasteiger partial charge in [-0.25, -0.2) is 0 Å². The van der Waals surface area contributed by atoms with E-state index >= 15 is 0 Å². The van der Waals surface area contributed by atoms with Crippen molar-refractivity contribution in [3.05, 3.63) is 34.9 Å². The van der Waals surface area contributed by atoms with E-state index in [4.69, 9.17) is 5.11 Å². The molecule has 0 bridgehead atoms. The van der Waals surface area contributed by atoms with Crippen LogP contribution in [0.2, 0.25) is 0 Å². The number of amides is 1. The molecule has 21 heavy (non-hydrogen) atoms. The zero-order valence-electron chi connectivity index (χ0n) is 12.5. The second-order valence-corrected chi connectivity index (χ2v) is 5.76. The molecule has 2 N–H and O–H groups in total. The van der Waals surface area contributed by atoms with Crippen molar-refractivity contribution in [3.63, 3.8) is 0 Å². The van der Waals surface area contributed by atoms with Gasteiger partial charge in [-0.2, -0.15) is 0 Å². The Morgan fingerprint density at radius 1 is 1.19 bits per heavy atom. The number of nitrogens with one attached hydrogen (secondary N) is 1. The van der Waals surface area contributed by atoms with Gasteiger partial charge in [-0.05, 0) is 49.8 Å². The Bertz CT molecular complexity index is 525. The Morgan fingerprint density at radius 2 is 1.90 bits per heavy atom. The summed E-state index contributed by atoms with van der Waals surface area (Å²) in [5.41, 5.74) is 3.34. The summed E-state index contributed by atoms with van der Waals surface area (Å²) in [5, 5.41) is 11.5. The van der Waals surface area contributed by atoms with Gasteiger partial charge in [0.15, 0.2) is 5.78 Å². The van der Waals surface area contributed by atoms with Crippen molar-refractivity contribution in [2.45, 2.75) is 51.5 Å². The molecular weight excluding hydrogens is 266 g/mol. The molecule has 1 aromatic rings. The summed E-state index contributed by atoms with van der Waals surface area (Å²) < 4.78 is 0. The van der Waals surface area contributed by atoms with E-state index in [0.29, 0.717) is 5.56 Å². The second-order valence-electron chi connectivity index (χ2n) is 5.76. The Balaban J connectivity index is 1.90. The first kappa shape index (κ1) is 15.7. The molecule has 1 aliphatic carbocycles. The molecule has 0 heterocycles. The van der Waals surface area contributed by atoms with Gasteiger partial charge < -0.3 is 10.4 Å². The van der Waals surface area contributed by atoms with Crippen LogP contribution in [0.3, 0.4) is 0 Å². The van der Waals surface area contributed by atoms with Crippen LogP contribution in [-0.4, -0.2) is 29.4 Å². The van der Waals surface area contributed by atoms with Crippen LogP contribution in [0.15, 0.2) is 18.2 Å². The van der Waals surface area contributed by atoms with Crippen LogP contribution < -0.4 is 5.32 Å². The number of hydrogen-bond donors (Lipinski definition) is 2. The Morgan fingerprint density at radius 3 is 2.62 bits per heavy atom. The minimum atomic E-state index is -0.267. The smallest absolute Gasteiger partial charge is 0.220 e. The van der Waals surface area contributed by atoms with E-state index in [1.165, 1.54) is 24.0 Å². The molecule has 0 saturated carbocycles. The predicted octanol–water partition coefficient (Wildman–Crippen LogP) is 2.03. The van der Waals surface area contributed by atoms with Gasteiger partial charge in [-0.1, -0.05) is 12.1 Å². The van der Waals surface area contributed by atoms with Gasteiger partial charge in [0, 0.05) is 24.4 Å². The van der Waals surface area contributed by atoms with Crippen molar-refractivity contribution in [1.82, 2.24) is 5.32 Å². The van der Waals surface area contributed by atoms with E-state index < -0.39 is 0 Å². The van der Waals surface area contributed by atoms with E-state index in [-0.39, 0.29) is 37.2 Å². The van der Waals surface area contributed by atoms with Crippen LogP contribution >= 0.6 is 0 Å². The van der Waals surface area contributed by atoms with E-state index in [0.717, 1.165) is 12.8 Å². The van der Waals surface area contributed by atoms with E-state index in [1.54, 1.807) is 6.92 Å². The zero-order chi connectivity index (χ0) is 15.2. The standard InChI is InChI=1S/C17H23NO3/c1-12(11-19)18-17(21)9-8-16(20)15-7-6-13-4-2-3-5-14(13)10-15/h6-7,10,12,19H,2-5,8-9,11H2,1H3,(H,18,21). The molecular formula is C17H23NO3. The SMILES string of the molecule is CC(CO)NC(=O)CCC(=O)c1ccc2c(c1)CCCC2. The number of hydrogen-bond acceptors (Lipinski definition) is 3. The third-order valence-electron chi connectivity index (χ3n) is 3.93. The van der Waals surface area contributed by atoms with Crippen LogP contribution in [0.1, 0.15) is 54.1 Å². The minimum Gasteiger partial charge on any atom is -0.394 e. The molecule has 1 unspecified atom stereocenters. The molecule has 4 heteroatoms. The first-order valence-electron chi connectivity index (χ1n) is 7.65. The van der Waals surface area contributed by atoms with Crippen LogP contribution in [0.5, 0.6) is 0 Å². The average molecular weight is 289 g/mol. The molecule has 2 rings (SSSR count). The fourth-order valence-corrected chi connectivity index (χ4v) is 2.67. The van der Waals surface area contributed by atoms with Crippen molar-refractivity contribution in [3.8, 4) is 0 Å². The van der Waals surface area contributed by atoms with E-state index in [2.05, 4.69) is 11.4 Å². The molecule has 114 valence electrons. The number of ketones is 1. The second kappa shape index (κ2) is 7.36. The summed E-state index contributed by atoms with van der Waals surface area (Å²) in [5.74, 6) is -0.182. The number of carbonyl (C=O) groups excluding carboxylic acids is 2. The highest BCUT2D eigenvalue weighted by molar-refractivity contribution is 5.98. The Kier molecular flexibility index (Phi) is 5.51. The first-order chi connectivity index (χ1) is 10.1. The molecule has 0 saturated heterocycles. The van der Waals surface area contributed by atoms with Crippen LogP contribution in [0.4, 0.5) is 0 Å². The molecule has 0 spiro atoms. The normalized spacial score (nSPS) is 15.1. The molecule has 1 aromatic carbocycles. The third-order valence-corrected chi connectivity index (χ3v) is 3.93. The number of Topliss-reactive ketones (excluding diaryl/α,β-unsaturated/α-hetero) is 1. The first-order valence-corrected chi connectivity index (χ1v) is 7.65. The maximum absolute atomic E-state index is 12.2. The van der Waals surface area contributed by atoms with Gasteiger partial charge in [-0.15, -0.1) is 0 Å². The topological polar surface area (TPSA) is 66.4 Å². The van der Waals surface area contributed by atoms with Crippen LogP contribution in [-0.2, 0) is 17.6 Å². The molecule has 4 nitrogen and oxygen atoms in total. The van der Waals surface area contributed by atoms with Gasteiger partial charge >= 0.3 is 0 Å². The minimum absolute atomic E-state index is 0.00942. The lowest BCUT2D eigenvalue weighted by atomic mass is 9.89. The highest BCUT2D eigenvalue weighted by Crippen LogP contribution is 2.22. The summed E-state index contributed by atoms with van der Waals surface area (Å²) in [6.45, 7) is 1.63. The van der Waals surface area contributed by atoms with Gasteiger partial charge in [0.2, 0.25) is 5.91 Å². The largest absolute Gasteiger partial charge is 0.394 e. The summed E-state index contributed by atoms with van der Waals surface area (Å²) in [4.78, 5) is 23.8. The van der Waals surface area contributed by atoms with Crippen LogP contribution in [0.25, 0.3) is 0 Å². The molecule has 1 aliphatic rings. The average Bonchev–Trinajstić information content (AvgIpc) is 2.51. The quantitative estimate of drug-likeness (QED) is 0.787. The van der Waals surface area contributed by atoms with Gasteiger partial charge in [-0.3, -0.25) is 9.59 Å². The van der Waals surface area contributed by atoms with E-state index in [9.17, 15) is 9.59 Å². The van der Waals surface area contributed by atoms with Crippen molar-refractivity contribution < 1.29 is 14.7 Å². The summed E-state index contributed by atoms with van der Waals surface area (Å²) >= 11 is 0. The number of carbonyl (C=O) groups is 2.